The van der Waals surface area contributed by atoms with Gasteiger partial charge in [-0.05, 0) is 46.0 Å². The van der Waals surface area contributed by atoms with Gasteiger partial charge in [0.05, 0.1) is 11.3 Å². The number of likely N-dealkylation sites (N-methyl/N-ethyl adjacent to an activating group) is 1. The Morgan fingerprint density at radius 3 is 2.84 bits per heavy atom. The van der Waals surface area contributed by atoms with Gasteiger partial charge < -0.3 is 14.9 Å². The minimum Gasteiger partial charge on any atom is -0.478 e. The number of hydrogen-bond donors (Lipinski definition) is 1. The van der Waals surface area contributed by atoms with E-state index in [9.17, 15) is 9.90 Å². The van der Waals surface area contributed by atoms with Gasteiger partial charge in [0.25, 0.3) is 0 Å². The third-order valence-electron chi connectivity index (χ3n) is 3.64. The highest BCUT2D eigenvalue weighted by molar-refractivity contribution is 5.94. The van der Waals surface area contributed by atoms with Crippen LogP contribution in [0.1, 0.15) is 28.8 Å². The standard InChI is InChI=1S/C15H22N2O2/c1-11-6-7-14(13(9-11)15(18)19)17-8-4-5-12(17)10-16(2)3/h6-7,9,12H,4-5,8,10H2,1-3H3,(H,18,19). The highest BCUT2D eigenvalue weighted by atomic mass is 16.4. The Morgan fingerprint density at radius 1 is 1.47 bits per heavy atom. The molecule has 1 aliphatic heterocycles. The maximum absolute atomic E-state index is 11.4. The van der Waals surface area contributed by atoms with Crippen LogP contribution < -0.4 is 4.90 Å². The summed E-state index contributed by atoms with van der Waals surface area (Å²) in [5.74, 6) is -0.839. The first-order valence-corrected chi connectivity index (χ1v) is 6.74. The largest absolute Gasteiger partial charge is 0.478 e. The Hall–Kier alpha value is -1.55. The molecule has 1 aliphatic rings. The number of aryl methyl sites for hydroxylation is 1. The molecule has 1 aromatic rings. The molecule has 0 aromatic heterocycles. The summed E-state index contributed by atoms with van der Waals surface area (Å²) in [5.41, 5.74) is 2.28. The van der Waals surface area contributed by atoms with Crippen LogP contribution in [-0.2, 0) is 0 Å². The van der Waals surface area contributed by atoms with Gasteiger partial charge in [-0.15, -0.1) is 0 Å². The van der Waals surface area contributed by atoms with E-state index in [4.69, 9.17) is 0 Å². The van der Waals surface area contributed by atoms with Crippen LogP contribution in [0, 0.1) is 6.92 Å². The predicted molar refractivity (Wildman–Crippen MR) is 77.1 cm³/mol. The molecule has 1 N–H and O–H groups in total. The molecule has 0 spiro atoms. The third kappa shape index (κ3) is 3.07. The molecule has 1 unspecified atom stereocenters. The van der Waals surface area contributed by atoms with E-state index in [1.807, 2.05) is 19.1 Å². The summed E-state index contributed by atoms with van der Waals surface area (Å²) >= 11 is 0. The molecule has 2 rings (SSSR count). The molecule has 0 amide bonds. The fraction of sp³-hybridized carbons (Fsp3) is 0.533. The van der Waals surface area contributed by atoms with Gasteiger partial charge in [-0.3, -0.25) is 0 Å². The van der Waals surface area contributed by atoms with Crippen molar-refractivity contribution < 1.29 is 9.90 Å². The Bertz CT molecular complexity index is 471. The summed E-state index contributed by atoms with van der Waals surface area (Å²) in [6.45, 7) is 3.84. The van der Waals surface area contributed by atoms with Crippen molar-refractivity contribution in [1.29, 1.82) is 0 Å². The van der Waals surface area contributed by atoms with Crippen LogP contribution in [0.3, 0.4) is 0 Å². The van der Waals surface area contributed by atoms with E-state index in [-0.39, 0.29) is 0 Å². The number of rotatable bonds is 4. The monoisotopic (exact) mass is 262 g/mol. The maximum atomic E-state index is 11.4. The van der Waals surface area contributed by atoms with Gasteiger partial charge in [0, 0.05) is 19.1 Å². The second kappa shape index (κ2) is 5.61. The predicted octanol–water partition coefficient (Wildman–Crippen LogP) is 2.22. The van der Waals surface area contributed by atoms with E-state index in [1.165, 1.54) is 0 Å². The molecule has 4 heteroatoms. The van der Waals surface area contributed by atoms with E-state index < -0.39 is 5.97 Å². The van der Waals surface area contributed by atoms with Crippen LogP contribution in [0.5, 0.6) is 0 Å². The van der Waals surface area contributed by atoms with E-state index in [2.05, 4.69) is 23.9 Å². The topological polar surface area (TPSA) is 43.8 Å². The van der Waals surface area contributed by atoms with Gasteiger partial charge in [0.15, 0.2) is 0 Å². The fourth-order valence-corrected chi connectivity index (χ4v) is 2.84. The van der Waals surface area contributed by atoms with Crippen molar-refractivity contribution in [2.45, 2.75) is 25.8 Å². The quantitative estimate of drug-likeness (QED) is 0.903. The fourth-order valence-electron chi connectivity index (χ4n) is 2.84. The second-order valence-electron chi connectivity index (χ2n) is 5.58. The van der Waals surface area contributed by atoms with E-state index in [1.54, 1.807) is 6.07 Å². The zero-order valence-electron chi connectivity index (χ0n) is 11.9. The number of carboxylic acid groups (broad SMARTS) is 1. The first kappa shape index (κ1) is 13.9. The minimum absolute atomic E-state index is 0.413. The molecule has 1 saturated heterocycles. The summed E-state index contributed by atoms with van der Waals surface area (Å²) < 4.78 is 0. The van der Waals surface area contributed by atoms with Gasteiger partial charge in [-0.2, -0.15) is 0 Å². The summed E-state index contributed by atoms with van der Waals surface area (Å²) in [7, 11) is 4.12. The SMILES string of the molecule is Cc1ccc(N2CCCC2CN(C)C)c(C(=O)O)c1. The second-order valence-corrected chi connectivity index (χ2v) is 5.58. The molecule has 0 aliphatic carbocycles. The molecule has 1 heterocycles. The molecule has 0 bridgehead atoms. The summed E-state index contributed by atoms with van der Waals surface area (Å²) in [5, 5.41) is 9.38. The molecule has 104 valence electrons. The maximum Gasteiger partial charge on any atom is 0.337 e. The van der Waals surface area contributed by atoms with Crippen molar-refractivity contribution >= 4 is 11.7 Å². The molecule has 0 radical (unpaired) electrons. The van der Waals surface area contributed by atoms with Gasteiger partial charge in [0.2, 0.25) is 0 Å². The molecular weight excluding hydrogens is 240 g/mol. The summed E-state index contributed by atoms with van der Waals surface area (Å²) in [6.07, 6.45) is 2.26. The lowest BCUT2D eigenvalue weighted by Crippen LogP contribution is -2.38. The highest BCUT2D eigenvalue weighted by Crippen LogP contribution is 2.29. The number of carbonyl (C=O) groups is 1. The van der Waals surface area contributed by atoms with Crippen molar-refractivity contribution in [1.82, 2.24) is 4.90 Å². The zero-order chi connectivity index (χ0) is 14.0. The van der Waals surface area contributed by atoms with Gasteiger partial charge >= 0.3 is 5.97 Å². The average molecular weight is 262 g/mol. The first-order valence-electron chi connectivity index (χ1n) is 6.74. The number of nitrogens with zero attached hydrogens (tertiary/aromatic N) is 2. The normalized spacial score (nSPS) is 19.2. The molecule has 1 atom stereocenters. The number of benzene rings is 1. The Kier molecular flexibility index (Phi) is 4.10. The van der Waals surface area contributed by atoms with Crippen LogP contribution >= 0.6 is 0 Å². The van der Waals surface area contributed by atoms with Crippen molar-refractivity contribution in [3.8, 4) is 0 Å². The minimum atomic E-state index is -0.839. The number of hydrogen-bond acceptors (Lipinski definition) is 3. The Balaban J connectivity index is 2.32. The van der Waals surface area contributed by atoms with E-state index >= 15 is 0 Å². The summed E-state index contributed by atoms with van der Waals surface area (Å²) in [6, 6.07) is 6.12. The van der Waals surface area contributed by atoms with Gasteiger partial charge in [-0.1, -0.05) is 11.6 Å². The van der Waals surface area contributed by atoms with Crippen LogP contribution in [0.2, 0.25) is 0 Å². The first-order chi connectivity index (χ1) is 8.99. The molecule has 1 aromatic carbocycles. The number of anilines is 1. The smallest absolute Gasteiger partial charge is 0.337 e. The van der Waals surface area contributed by atoms with Crippen LogP contribution in [0.4, 0.5) is 5.69 Å². The van der Waals surface area contributed by atoms with Crippen molar-refractivity contribution in [2.24, 2.45) is 0 Å². The molecule has 19 heavy (non-hydrogen) atoms. The van der Waals surface area contributed by atoms with Gasteiger partial charge in [-0.25, -0.2) is 4.79 Å². The lowest BCUT2D eigenvalue weighted by molar-refractivity contribution is 0.0697. The molecular formula is C15H22N2O2. The lowest BCUT2D eigenvalue weighted by atomic mass is 10.1. The van der Waals surface area contributed by atoms with Crippen molar-refractivity contribution in [3.05, 3.63) is 29.3 Å². The zero-order valence-corrected chi connectivity index (χ0v) is 11.9. The number of aromatic carboxylic acids is 1. The van der Waals surface area contributed by atoms with E-state index in [0.29, 0.717) is 11.6 Å². The van der Waals surface area contributed by atoms with Gasteiger partial charge in [0.1, 0.15) is 0 Å². The average Bonchev–Trinajstić information content (AvgIpc) is 2.76. The Labute approximate surface area is 114 Å². The highest BCUT2D eigenvalue weighted by Gasteiger charge is 2.28. The molecule has 1 fully saturated rings. The van der Waals surface area contributed by atoms with Crippen LogP contribution in [0.25, 0.3) is 0 Å². The van der Waals surface area contributed by atoms with Crippen LogP contribution in [-0.4, -0.2) is 49.2 Å². The van der Waals surface area contributed by atoms with E-state index in [0.717, 1.165) is 37.2 Å². The molecule has 0 saturated carbocycles. The van der Waals surface area contributed by atoms with Crippen LogP contribution in [0.15, 0.2) is 18.2 Å². The Morgan fingerprint density at radius 2 is 2.21 bits per heavy atom. The summed E-state index contributed by atoms with van der Waals surface area (Å²) in [4.78, 5) is 15.8. The third-order valence-corrected chi connectivity index (χ3v) is 3.64. The van der Waals surface area contributed by atoms with Crippen molar-refractivity contribution in [3.63, 3.8) is 0 Å². The number of carboxylic acids is 1. The van der Waals surface area contributed by atoms with Crippen molar-refractivity contribution in [2.75, 3.05) is 32.1 Å². The lowest BCUT2D eigenvalue weighted by Gasteiger charge is -2.30. The molecule has 4 nitrogen and oxygen atoms in total.